The van der Waals surface area contributed by atoms with E-state index in [0.717, 1.165) is 12.8 Å². The van der Waals surface area contributed by atoms with Crippen molar-refractivity contribution in [1.82, 2.24) is 0 Å². The molecule has 0 saturated heterocycles. The summed E-state index contributed by atoms with van der Waals surface area (Å²) >= 11 is 5.95. The third-order valence-corrected chi connectivity index (χ3v) is 4.52. The summed E-state index contributed by atoms with van der Waals surface area (Å²) < 4.78 is 4.58. The summed E-state index contributed by atoms with van der Waals surface area (Å²) in [6, 6.07) is 0. The van der Waals surface area contributed by atoms with E-state index >= 15 is 0 Å². The molecule has 0 aliphatic heterocycles. The molecule has 0 bridgehead atoms. The molecule has 0 saturated carbocycles. The number of rotatable bonds is 11. The van der Waals surface area contributed by atoms with Crippen LogP contribution >= 0.6 is 11.6 Å². The van der Waals surface area contributed by atoms with Crippen molar-refractivity contribution in [1.29, 1.82) is 0 Å². The molecule has 0 aromatic heterocycles. The molecule has 5 heteroatoms. The normalized spacial score (nSPS) is 21.9. The van der Waals surface area contributed by atoms with Gasteiger partial charge in [-0.3, -0.25) is 9.59 Å². The molecule has 0 fully saturated rings. The van der Waals surface area contributed by atoms with E-state index in [2.05, 4.69) is 11.7 Å². The smallest absolute Gasteiger partial charge is 0.305 e. The zero-order valence-corrected chi connectivity index (χ0v) is 16.4. The molecule has 0 spiro atoms. The maximum absolute atomic E-state index is 12.2. The Morgan fingerprint density at radius 2 is 1.96 bits per heavy atom. The van der Waals surface area contributed by atoms with Crippen LogP contribution in [0.5, 0.6) is 0 Å². The highest BCUT2D eigenvalue weighted by Crippen LogP contribution is 2.35. The van der Waals surface area contributed by atoms with E-state index in [4.69, 9.17) is 11.6 Å². The van der Waals surface area contributed by atoms with Gasteiger partial charge in [0.1, 0.15) is 5.60 Å². The average molecular weight is 381 g/mol. The van der Waals surface area contributed by atoms with E-state index in [1.165, 1.54) is 26.0 Å². The molecule has 0 radical (unpaired) electrons. The Hall–Kier alpha value is -1.65. The van der Waals surface area contributed by atoms with E-state index < -0.39 is 5.60 Å². The molecule has 1 rings (SSSR count). The van der Waals surface area contributed by atoms with Gasteiger partial charge in [0.05, 0.1) is 12.1 Å². The fourth-order valence-electron chi connectivity index (χ4n) is 2.69. The molecule has 0 aromatic rings. The number of methoxy groups -OCH3 is 1. The fraction of sp³-hybridized carbons (Fsp3) is 0.524. The number of hydrogen-bond donors (Lipinski definition) is 1. The van der Waals surface area contributed by atoms with Crippen molar-refractivity contribution in [2.75, 3.05) is 7.11 Å². The topological polar surface area (TPSA) is 63.6 Å². The number of halogens is 1. The van der Waals surface area contributed by atoms with Gasteiger partial charge in [-0.1, -0.05) is 61.7 Å². The summed E-state index contributed by atoms with van der Waals surface area (Å²) in [7, 11) is 1.37. The van der Waals surface area contributed by atoms with Crippen LogP contribution in [0.4, 0.5) is 0 Å². The summed E-state index contributed by atoms with van der Waals surface area (Å²) in [4.78, 5) is 23.2. The Bertz CT molecular complexity index is 601. The molecule has 1 aliphatic carbocycles. The van der Waals surface area contributed by atoms with Crippen LogP contribution < -0.4 is 0 Å². The number of ether oxygens (including phenoxy) is 1. The minimum absolute atomic E-state index is 0.0530. The van der Waals surface area contributed by atoms with Crippen molar-refractivity contribution in [2.45, 2.75) is 63.9 Å². The molecular weight excluding hydrogens is 352 g/mol. The lowest BCUT2D eigenvalue weighted by Gasteiger charge is -2.20. The first kappa shape index (κ1) is 22.4. The monoisotopic (exact) mass is 380 g/mol. The number of carbonyl (C=O) groups is 2. The van der Waals surface area contributed by atoms with E-state index in [-0.39, 0.29) is 22.4 Å². The van der Waals surface area contributed by atoms with Gasteiger partial charge in [0, 0.05) is 18.4 Å². The minimum atomic E-state index is -1.36. The van der Waals surface area contributed by atoms with Crippen LogP contribution in [-0.2, 0) is 14.3 Å². The number of esters is 1. The van der Waals surface area contributed by atoms with Gasteiger partial charge in [0.25, 0.3) is 0 Å². The van der Waals surface area contributed by atoms with Gasteiger partial charge in [-0.05, 0) is 31.8 Å². The predicted octanol–water partition coefficient (Wildman–Crippen LogP) is 4.78. The number of allylic oxidation sites excluding steroid dienone is 5. The molecule has 144 valence electrons. The standard InChI is InChI=1S/C21H29ClO4/c1-3-4-5-6-9-12-15-21(25)16-18(22)20(24)17(21)13-10-7-8-11-14-19(23)26-2/h7,9-10,12-13,16,25H,3-6,8,11,14-15H2,1-2H3/b10-7+,12-9-,17-13-/t21-/m0/s1. The molecule has 1 aliphatic rings. The van der Waals surface area contributed by atoms with Crippen molar-refractivity contribution < 1.29 is 19.4 Å². The second-order valence-corrected chi connectivity index (χ2v) is 6.80. The van der Waals surface area contributed by atoms with E-state index in [1.807, 2.05) is 18.2 Å². The first-order valence-corrected chi connectivity index (χ1v) is 9.57. The second-order valence-electron chi connectivity index (χ2n) is 6.39. The van der Waals surface area contributed by atoms with Crippen molar-refractivity contribution in [2.24, 2.45) is 0 Å². The van der Waals surface area contributed by atoms with E-state index in [1.54, 1.807) is 12.2 Å². The third kappa shape index (κ3) is 7.30. The SMILES string of the molecule is CCCCC/C=C\C[C@]1(O)C=C(Cl)C(=O)/C1=C/C=C/CCCC(=O)OC. The lowest BCUT2D eigenvalue weighted by Crippen LogP contribution is -2.27. The first-order chi connectivity index (χ1) is 12.4. The number of carbonyl (C=O) groups excluding carboxylic acids is 2. The van der Waals surface area contributed by atoms with Gasteiger partial charge in [-0.15, -0.1) is 0 Å². The Kier molecular flexibility index (Phi) is 10.2. The molecule has 0 heterocycles. The molecule has 1 atom stereocenters. The molecule has 1 N–H and O–H groups in total. The Balaban J connectivity index is 2.62. The predicted molar refractivity (Wildman–Crippen MR) is 105 cm³/mol. The van der Waals surface area contributed by atoms with Crippen molar-refractivity contribution >= 4 is 23.4 Å². The summed E-state index contributed by atoms with van der Waals surface area (Å²) in [6.45, 7) is 2.16. The van der Waals surface area contributed by atoms with Gasteiger partial charge in [-0.25, -0.2) is 0 Å². The third-order valence-electron chi connectivity index (χ3n) is 4.24. The Labute approximate surface area is 161 Å². The maximum atomic E-state index is 12.2. The van der Waals surface area contributed by atoms with Gasteiger partial charge in [-0.2, -0.15) is 0 Å². The Morgan fingerprint density at radius 3 is 2.65 bits per heavy atom. The minimum Gasteiger partial charge on any atom is -0.469 e. The summed E-state index contributed by atoms with van der Waals surface area (Å²) in [5.74, 6) is -0.577. The average Bonchev–Trinajstić information content (AvgIpc) is 2.83. The highest BCUT2D eigenvalue weighted by Gasteiger charge is 2.40. The van der Waals surface area contributed by atoms with Crippen LogP contribution in [0.1, 0.15) is 58.3 Å². The molecule has 0 unspecified atom stereocenters. The molecule has 4 nitrogen and oxygen atoms in total. The zero-order chi connectivity index (χ0) is 19.4. The maximum Gasteiger partial charge on any atom is 0.305 e. The molecule has 26 heavy (non-hydrogen) atoms. The van der Waals surface area contributed by atoms with Gasteiger partial charge < -0.3 is 9.84 Å². The largest absolute Gasteiger partial charge is 0.469 e. The van der Waals surface area contributed by atoms with Crippen LogP contribution in [0.2, 0.25) is 0 Å². The van der Waals surface area contributed by atoms with Crippen LogP contribution in [0.15, 0.2) is 47.1 Å². The lowest BCUT2D eigenvalue weighted by molar-refractivity contribution is -0.140. The first-order valence-electron chi connectivity index (χ1n) is 9.19. The van der Waals surface area contributed by atoms with Crippen LogP contribution in [-0.4, -0.2) is 29.6 Å². The number of Topliss-reactive ketones (excluding diaryl/α,β-unsaturated/α-hetero) is 1. The highest BCUT2D eigenvalue weighted by molar-refractivity contribution is 6.46. The quantitative estimate of drug-likeness (QED) is 0.242. The molecule has 0 aromatic carbocycles. The van der Waals surface area contributed by atoms with Crippen LogP contribution in [0.25, 0.3) is 0 Å². The van der Waals surface area contributed by atoms with Crippen LogP contribution in [0.3, 0.4) is 0 Å². The number of unbranched alkanes of at least 4 members (excludes halogenated alkanes) is 4. The van der Waals surface area contributed by atoms with Crippen molar-refractivity contribution in [3.05, 3.63) is 47.1 Å². The van der Waals surface area contributed by atoms with Crippen molar-refractivity contribution in [3.8, 4) is 0 Å². The van der Waals surface area contributed by atoms with Gasteiger partial charge >= 0.3 is 5.97 Å². The summed E-state index contributed by atoms with van der Waals surface area (Å²) in [5.41, 5.74) is -1.07. The van der Waals surface area contributed by atoms with Crippen molar-refractivity contribution in [3.63, 3.8) is 0 Å². The lowest BCUT2D eigenvalue weighted by atomic mass is 9.92. The van der Waals surface area contributed by atoms with E-state index in [9.17, 15) is 14.7 Å². The molecular formula is C21H29ClO4. The fourth-order valence-corrected chi connectivity index (χ4v) is 2.97. The zero-order valence-electron chi connectivity index (χ0n) is 15.7. The number of hydrogen-bond acceptors (Lipinski definition) is 4. The second kappa shape index (κ2) is 11.9. The summed E-state index contributed by atoms with van der Waals surface area (Å²) in [5, 5.41) is 10.9. The van der Waals surface area contributed by atoms with Gasteiger partial charge in [0.2, 0.25) is 5.78 Å². The Morgan fingerprint density at radius 1 is 1.23 bits per heavy atom. The number of aliphatic hydroxyl groups is 1. The number of ketones is 1. The van der Waals surface area contributed by atoms with Crippen LogP contribution in [0, 0.1) is 0 Å². The highest BCUT2D eigenvalue weighted by atomic mass is 35.5. The summed E-state index contributed by atoms with van der Waals surface area (Å²) in [6.07, 6.45) is 17.0. The molecule has 0 amide bonds. The van der Waals surface area contributed by atoms with E-state index in [0.29, 0.717) is 25.7 Å². The van der Waals surface area contributed by atoms with Gasteiger partial charge in [0.15, 0.2) is 0 Å².